The van der Waals surface area contributed by atoms with Gasteiger partial charge in [-0.05, 0) is 31.5 Å². The standard InChI is InChI=1S/C19H27BrN4O2/c1-3-5-17(23-9-8-21-11-14(25)12-23)18-22-16-7-6-13(20)10-15(16)19(26)24(18)4-2/h6-7,10,14,17,21,25H,3-5,8-9,11-12H2,1-2H3/t14-,17-/m1/s1. The summed E-state index contributed by atoms with van der Waals surface area (Å²) in [7, 11) is 0. The van der Waals surface area contributed by atoms with Crippen LogP contribution in [0.3, 0.4) is 0 Å². The van der Waals surface area contributed by atoms with Crippen molar-refractivity contribution in [2.24, 2.45) is 0 Å². The van der Waals surface area contributed by atoms with Gasteiger partial charge in [-0.2, -0.15) is 0 Å². The van der Waals surface area contributed by atoms with E-state index < -0.39 is 6.10 Å². The van der Waals surface area contributed by atoms with Crippen LogP contribution < -0.4 is 10.9 Å². The summed E-state index contributed by atoms with van der Waals surface area (Å²) >= 11 is 3.44. The van der Waals surface area contributed by atoms with Gasteiger partial charge in [-0.25, -0.2) is 4.98 Å². The summed E-state index contributed by atoms with van der Waals surface area (Å²) < 4.78 is 2.67. The van der Waals surface area contributed by atoms with Gasteiger partial charge in [-0.3, -0.25) is 14.3 Å². The Morgan fingerprint density at radius 2 is 2.23 bits per heavy atom. The molecule has 1 aromatic heterocycles. The monoisotopic (exact) mass is 422 g/mol. The van der Waals surface area contributed by atoms with Gasteiger partial charge in [0.25, 0.3) is 5.56 Å². The maximum absolute atomic E-state index is 13.1. The highest BCUT2D eigenvalue weighted by molar-refractivity contribution is 9.10. The van der Waals surface area contributed by atoms with E-state index in [1.165, 1.54) is 0 Å². The average molecular weight is 423 g/mol. The van der Waals surface area contributed by atoms with Crippen LogP contribution >= 0.6 is 15.9 Å². The minimum Gasteiger partial charge on any atom is -0.390 e. The van der Waals surface area contributed by atoms with E-state index in [1.54, 1.807) is 4.57 Å². The summed E-state index contributed by atoms with van der Waals surface area (Å²) in [4.78, 5) is 20.2. The fourth-order valence-corrected chi connectivity index (χ4v) is 4.08. The number of aromatic nitrogens is 2. The molecule has 2 atom stereocenters. The molecule has 0 bridgehead atoms. The first-order valence-corrected chi connectivity index (χ1v) is 10.2. The van der Waals surface area contributed by atoms with Crippen molar-refractivity contribution in [3.05, 3.63) is 38.9 Å². The minimum absolute atomic E-state index is 0.00315. The van der Waals surface area contributed by atoms with Crippen molar-refractivity contribution in [3.63, 3.8) is 0 Å². The Bertz CT molecular complexity index is 823. The third kappa shape index (κ3) is 4.01. The van der Waals surface area contributed by atoms with Crippen LogP contribution in [0.5, 0.6) is 0 Å². The van der Waals surface area contributed by atoms with Crippen molar-refractivity contribution >= 4 is 26.8 Å². The molecule has 142 valence electrons. The van der Waals surface area contributed by atoms with Gasteiger partial charge in [0.15, 0.2) is 0 Å². The topological polar surface area (TPSA) is 70.4 Å². The summed E-state index contributed by atoms with van der Waals surface area (Å²) in [6.07, 6.45) is 1.49. The van der Waals surface area contributed by atoms with E-state index >= 15 is 0 Å². The molecule has 1 saturated heterocycles. The summed E-state index contributed by atoms with van der Waals surface area (Å²) in [5.41, 5.74) is 0.732. The Morgan fingerprint density at radius 3 is 2.96 bits per heavy atom. The molecule has 0 saturated carbocycles. The van der Waals surface area contributed by atoms with E-state index in [2.05, 4.69) is 33.1 Å². The molecule has 2 aromatic rings. The number of halogens is 1. The van der Waals surface area contributed by atoms with Crippen molar-refractivity contribution in [2.45, 2.75) is 45.4 Å². The summed E-state index contributed by atoms with van der Waals surface area (Å²) in [6.45, 7) is 7.57. The number of aliphatic hydroxyl groups excluding tert-OH is 1. The normalized spacial score (nSPS) is 20.2. The zero-order chi connectivity index (χ0) is 18.7. The van der Waals surface area contributed by atoms with Crippen LogP contribution in [-0.2, 0) is 6.54 Å². The highest BCUT2D eigenvalue weighted by Crippen LogP contribution is 2.26. The molecule has 1 aliphatic heterocycles. The van der Waals surface area contributed by atoms with Gasteiger partial charge in [-0.1, -0.05) is 29.3 Å². The van der Waals surface area contributed by atoms with Crippen LogP contribution in [0.25, 0.3) is 10.9 Å². The average Bonchev–Trinajstić information content (AvgIpc) is 2.84. The van der Waals surface area contributed by atoms with Gasteiger partial charge in [0.1, 0.15) is 5.82 Å². The number of benzene rings is 1. The molecule has 2 heterocycles. The molecule has 7 heteroatoms. The first-order chi connectivity index (χ1) is 12.5. The zero-order valence-corrected chi connectivity index (χ0v) is 17.0. The molecule has 1 aliphatic rings. The number of rotatable bonds is 5. The number of nitrogens with zero attached hydrogens (tertiary/aromatic N) is 3. The molecule has 2 N–H and O–H groups in total. The quantitative estimate of drug-likeness (QED) is 0.773. The van der Waals surface area contributed by atoms with Gasteiger partial charge in [0.2, 0.25) is 0 Å². The second-order valence-corrected chi connectivity index (χ2v) is 7.75. The van der Waals surface area contributed by atoms with Crippen LogP contribution in [0, 0.1) is 0 Å². The summed E-state index contributed by atoms with van der Waals surface area (Å²) in [5, 5.41) is 14.1. The number of hydrogen-bond acceptors (Lipinski definition) is 5. The predicted octanol–water partition coefficient (Wildman–Crippen LogP) is 2.29. The van der Waals surface area contributed by atoms with Gasteiger partial charge in [0, 0.05) is 37.2 Å². The Hall–Kier alpha value is -1.28. The van der Waals surface area contributed by atoms with Crippen LogP contribution in [0.1, 0.15) is 38.6 Å². The zero-order valence-electron chi connectivity index (χ0n) is 15.4. The van der Waals surface area contributed by atoms with Crippen LogP contribution in [0.15, 0.2) is 27.5 Å². The smallest absolute Gasteiger partial charge is 0.261 e. The lowest BCUT2D eigenvalue weighted by Gasteiger charge is -2.32. The SMILES string of the molecule is CCC[C@H](c1nc2ccc(Br)cc2c(=O)n1CC)N1CCNC[C@@H](O)C1. The molecule has 0 aliphatic carbocycles. The molecule has 1 fully saturated rings. The van der Waals surface area contributed by atoms with E-state index in [0.29, 0.717) is 25.0 Å². The van der Waals surface area contributed by atoms with Gasteiger partial charge in [0.05, 0.1) is 23.0 Å². The summed E-state index contributed by atoms with van der Waals surface area (Å²) in [5.74, 6) is 0.809. The lowest BCUT2D eigenvalue weighted by molar-refractivity contribution is 0.0971. The van der Waals surface area contributed by atoms with Crippen LogP contribution in [-0.4, -0.2) is 51.8 Å². The lowest BCUT2D eigenvalue weighted by atomic mass is 10.1. The fraction of sp³-hybridized carbons (Fsp3) is 0.579. The third-order valence-electron chi connectivity index (χ3n) is 4.96. The lowest BCUT2D eigenvalue weighted by Crippen LogP contribution is -2.39. The number of hydrogen-bond donors (Lipinski definition) is 2. The van der Waals surface area contributed by atoms with Crippen LogP contribution in [0.2, 0.25) is 0 Å². The number of nitrogens with one attached hydrogen (secondary N) is 1. The first kappa shape index (κ1) is 19.5. The maximum atomic E-state index is 13.1. The van der Waals surface area contributed by atoms with Crippen LogP contribution in [0.4, 0.5) is 0 Å². The van der Waals surface area contributed by atoms with Gasteiger partial charge in [-0.15, -0.1) is 0 Å². The van der Waals surface area contributed by atoms with Crippen molar-refractivity contribution in [1.29, 1.82) is 0 Å². The molecule has 0 amide bonds. The molecular formula is C19H27BrN4O2. The maximum Gasteiger partial charge on any atom is 0.261 e. The Morgan fingerprint density at radius 1 is 1.42 bits per heavy atom. The second-order valence-electron chi connectivity index (χ2n) is 6.84. The van der Waals surface area contributed by atoms with Crippen molar-refractivity contribution in [2.75, 3.05) is 26.2 Å². The van der Waals surface area contributed by atoms with Crippen molar-refractivity contribution < 1.29 is 5.11 Å². The molecule has 3 rings (SSSR count). The third-order valence-corrected chi connectivity index (χ3v) is 5.46. The Balaban J connectivity index is 2.12. The highest BCUT2D eigenvalue weighted by Gasteiger charge is 2.28. The second kappa shape index (κ2) is 8.61. The van der Waals surface area contributed by atoms with E-state index in [4.69, 9.17) is 4.98 Å². The van der Waals surface area contributed by atoms with Crippen molar-refractivity contribution in [1.82, 2.24) is 19.8 Å². The van der Waals surface area contributed by atoms with Crippen molar-refractivity contribution in [3.8, 4) is 0 Å². The van der Waals surface area contributed by atoms with E-state index in [-0.39, 0.29) is 11.6 Å². The number of β-amino-alcohol motifs (C(OH)–C–C–N with tert-alkyl or cyclic N) is 1. The van der Waals surface area contributed by atoms with E-state index in [0.717, 1.165) is 41.7 Å². The number of aliphatic hydroxyl groups is 1. The van der Waals surface area contributed by atoms with Gasteiger partial charge >= 0.3 is 0 Å². The molecule has 1 aromatic carbocycles. The van der Waals surface area contributed by atoms with E-state index in [9.17, 15) is 9.90 Å². The fourth-order valence-electron chi connectivity index (χ4n) is 3.72. The molecule has 0 spiro atoms. The largest absolute Gasteiger partial charge is 0.390 e. The molecule has 0 radical (unpaired) electrons. The summed E-state index contributed by atoms with van der Waals surface area (Å²) in [6, 6.07) is 5.68. The number of fused-ring (bicyclic) bond motifs is 1. The molecule has 26 heavy (non-hydrogen) atoms. The van der Waals surface area contributed by atoms with Gasteiger partial charge < -0.3 is 10.4 Å². The van der Waals surface area contributed by atoms with E-state index in [1.807, 2.05) is 25.1 Å². The Kier molecular flexibility index (Phi) is 6.45. The predicted molar refractivity (Wildman–Crippen MR) is 107 cm³/mol. The molecule has 0 unspecified atom stereocenters. The highest BCUT2D eigenvalue weighted by atomic mass is 79.9. The minimum atomic E-state index is -0.407. The first-order valence-electron chi connectivity index (χ1n) is 9.38. The molecular weight excluding hydrogens is 396 g/mol. The Labute approximate surface area is 162 Å². The molecule has 6 nitrogen and oxygen atoms in total.